The maximum atomic E-state index is 11.9. The van der Waals surface area contributed by atoms with Gasteiger partial charge >= 0.3 is 5.97 Å². The van der Waals surface area contributed by atoms with Crippen LogP contribution in [0, 0.1) is 0 Å². The Morgan fingerprint density at radius 3 is 2.97 bits per heavy atom. The first kappa shape index (κ1) is 19.9. The van der Waals surface area contributed by atoms with E-state index in [-0.39, 0.29) is 18.4 Å². The average Bonchev–Trinajstić information content (AvgIpc) is 3.35. The molecule has 0 bridgehead atoms. The number of fused-ring (bicyclic) bond motifs is 1. The molecule has 1 atom stereocenters. The summed E-state index contributed by atoms with van der Waals surface area (Å²) in [4.78, 5) is 11.9. The minimum atomic E-state index is -0.261. The van der Waals surface area contributed by atoms with E-state index in [1.54, 1.807) is 6.92 Å². The number of carbonyl (C=O) groups is 1. The van der Waals surface area contributed by atoms with Crippen molar-refractivity contribution in [2.24, 2.45) is 0 Å². The van der Waals surface area contributed by atoms with E-state index in [1.807, 2.05) is 30.3 Å². The number of carbonyl (C=O) groups excluding carboxylic acids is 1. The number of rotatable bonds is 7. The van der Waals surface area contributed by atoms with E-state index in [2.05, 4.69) is 32.7 Å². The summed E-state index contributed by atoms with van der Waals surface area (Å²) in [5.41, 5.74) is 2.74. The van der Waals surface area contributed by atoms with Crippen LogP contribution in [0.25, 0.3) is 10.9 Å². The topological polar surface area (TPSA) is 62.6 Å². The van der Waals surface area contributed by atoms with E-state index in [9.17, 15) is 4.79 Å². The van der Waals surface area contributed by atoms with Gasteiger partial charge in [0, 0.05) is 22.0 Å². The van der Waals surface area contributed by atoms with Crippen molar-refractivity contribution >= 4 is 32.8 Å². The molecule has 7 heteroatoms. The third-order valence-electron chi connectivity index (χ3n) is 4.97. The molecule has 1 fully saturated rings. The second-order valence-electron chi connectivity index (χ2n) is 6.95. The maximum Gasteiger partial charge on any atom is 0.310 e. The second-order valence-corrected chi connectivity index (χ2v) is 7.86. The van der Waals surface area contributed by atoms with Crippen LogP contribution in [0.2, 0.25) is 0 Å². The number of hydrogen-bond acceptors (Lipinski definition) is 5. The number of halogens is 1. The predicted molar refractivity (Wildman–Crippen MR) is 113 cm³/mol. The lowest BCUT2D eigenvalue weighted by atomic mass is 10.1. The Hall–Kier alpha value is -2.38. The predicted octanol–water partition coefficient (Wildman–Crippen LogP) is 4.44. The smallest absolute Gasteiger partial charge is 0.310 e. The van der Waals surface area contributed by atoms with Crippen molar-refractivity contribution < 1.29 is 19.0 Å². The first-order valence-electron chi connectivity index (χ1n) is 9.76. The van der Waals surface area contributed by atoms with Crippen LogP contribution in [-0.4, -0.2) is 35.6 Å². The molecule has 4 rings (SSSR count). The highest BCUT2D eigenvalue weighted by Gasteiger charge is 2.22. The van der Waals surface area contributed by atoms with E-state index in [1.165, 1.54) is 0 Å². The largest absolute Gasteiger partial charge is 0.487 e. The molecule has 0 N–H and O–H groups in total. The zero-order valence-electron chi connectivity index (χ0n) is 16.3. The summed E-state index contributed by atoms with van der Waals surface area (Å²) in [5.74, 6) is 0.408. The quantitative estimate of drug-likeness (QED) is 0.489. The van der Waals surface area contributed by atoms with Gasteiger partial charge < -0.3 is 14.2 Å². The third kappa shape index (κ3) is 4.46. The fourth-order valence-electron chi connectivity index (χ4n) is 3.58. The van der Waals surface area contributed by atoms with E-state index in [0.29, 0.717) is 25.6 Å². The third-order valence-corrected chi connectivity index (χ3v) is 5.47. The minimum absolute atomic E-state index is 0.185. The first-order chi connectivity index (χ1) is 14.2. The molecule has 0 amide bonds. The van der Waals surface area contributed by atoms with Crippen molar-refractivity contribution in [1.29, 1.82) is 0 Å². The summed E-state index contributed by atoms with van der Waals surface area (Å²) in [6.45, 7) is 3.92. The lowest BCUT2D eigenvalue weighted by molar-refractivity contribution is -0.142. The van der Waals surface area contributed by atoms with Gasteiger partial charge in [-0.2, -0.15) is 5.10 Å². The van der Waals surface area contributed by atoms with Crippen LogP contribution >= 0.6 is 15.9 Å². The highest BCUT2D eigenvalue weighted by molar-refractivity contribution is 9.10. The molecule has 2 heterocycles. The molecule has 1 aliphatic rings. The molecule has 0 spiro atoms. The zero-order chi connectivity index (χ0) is 20.2. The van der Waals surface area contributed by atoms with Gasteiger partial charge in [0.1, 0.15) is 18.1 Å². The molecule has 1 aromatic heterocycles. The van der Waals surface area contributed by atoms with Crippen LogP contribution < -0.4 is 4.74 Å². The minimum Gasteiger partial charge on any atom is -0.487 e. The Morgan fingerprint density at radius 2 is 2.17 bits per heavy atom. The molecule has 3 aromatic rings. The normalized spacial score (nSPS) is 16.3. The number of aromatic nitrogens is 2. The van der Waals surface area contributed by atoms with Crippen LogP contribution in [0.3, 0.4) is 0 Å². The van der Waals surface area contributed by atoms with Gasteiger partial charge in [0.05, 0.1) is 31.2 Å². The summed E-state index contributed by atoms with van der Waals surface area (Å²) in [7, 11) is 0. The lowest BCUT2D eigenvalue weighted by Gasteiger charge is -2.11. The van der Waals surface area contributed by atoms with Crippen LogP contribution in [0.15, 0.2) is 46.9 Å². The Bertz CT molecular complexity index is 1010. The van der Waals surface area contributed by atoms with Crippen LogP contribution in [0.5, 0.6) is 5.75 Å². The van der Waals surface area contributed by atoms with Crippen molar-refractivity contribution in [2.75, 3.05) is 19.8 Å². The fourth-order valence-corrected chi connectivity index (χ4v) is 3.94. The summed E-state index contributed by atoms with van der Waals surface area (Å²) in [5, 5.41) is 5.90. The molecule has 1 saturated heterocycles. The van der Waals surface area contributed by atoms with Crippen molar-refractivity contribution in [3.05, 3.63) is 58.2 Å². The molecular weight excluding hydrogens is 436 g/mol. The van der Waals surface area contributed by atoms with Crippen molar-refractivity contribution in [2.45, 2.75) is 32.4 Å². The highest BCUT2D eigenvalue weighted by atomic mass is 79.9. The van der Waals surface area contributed by atoms with Gasteiger partial charge in [-0.05, 0) is 37.6 Å². The van der Waals surface area contributed by atoms with Gasteiger partial charge in [0.2, 0.25) is 0 Å². The number of nitrogens with zero attached hydrogens (tertiary/aromatic N) is 2. The first-order valence-corrected chi connectivity index (χ1v) is 10.6. The molecule has 0 unspecified atom stereocenters. The standard InChI is InChI=1S/C22H23BrN2O4/c1-2-28-22(26)11-15-5-3-4-6-21(15)29-14-19-18-12-16(23)7-8-20(18)25(24-19)17-9-10-27-13-17/h3-8,12,17H,2,9-11,13-14H2,1H3/t17-/m1/s1. The maximum absolute atomic E-state index is 11.9. The second kappa shape index (κ2) is 8.97. The Labute approximate surface area is 177 Å². The Kier molecular flexibility index (Phi) is 6.16. The Balaban J connectivity index is 1.59. The Morgan fingerprint density at radius 1 is 1.31 bits per heavy atom. The molecule has 2 aromatic carbocycles. The number of ether oxygens (including phenoxy) is 3. The van der Waals surface area contributed by atoms with Gasteiger partial charge in [-0.25, -0.2) is 0 Å². The lowest BCUT2D eigenvalue weighted by Crippen LogP contribution is -2.11. The van der Waals surface area contributed by atoms with E-state index in [0.717, 1.165) is 39.7 Å². The zero-order valence-corrected chi connectivity index (χ0v) is 17.9. The number of para-hydroxylation sites is 1. The highest BCUT2D eigenvalue weighted by Crippen LogP contribution is 2.30. The molecule has 0 aliphatic carbocycles. The van der Waals surface area contributed by atoms with Gasteiger partial charge in [0.15, 0.2) is 0 Å². The van der Waals surface area contributed by atoms with Gasteiger partial charge in [-0.15, -0.1) is 0 Å². The molecular formula is C22H23BrN2O4. The van der Waals surface area contributed by atoms with E-state index in [4.69, 9.17) is 19.3 Å². The number of esters is 1. The summed E-state index contributed by atoms with van der Waals surface area (Å²) in [6, 6.07) is 13.9. The summed E-state index contributed by atoms with van der Waals surface area (Å²) in [6.07, 6.45) is 1.14. The molecule has 0 radical (unpaired) electrons. The van der Waals surface area contributed by atoms with E-state index >= 15 is 0 Å². The van der Waals surface area contributed by atoms with Gasteiger partial charge in [0.25, 0.3) is 0 Å². The molecule has 29 heavy (non-hydrogen) atoms. The molecule has 0 saturated carbocycles. The van der Waals surface area contributed by atoms with Gasteiger partial charge in [-0.1, -0.05) is 34.1 Å². The monoisotopic (exact) mass is 458 g/mol. The number of benzene rings is 2. The average molecular weight is 459 g/mol. The summed E-state index contributed by atoms with van der Waals surface area (Å²) >= 11 is 3.55. The molecule has 6 nitrogen and oxygen atoms in total. The SMILES string of the molecule is CCOC(=O)Cc1ccccc1OCc1nn([C@@H]2CCOC2)c2ccc(Br)cc12. The fraction of sp³-hybridized carbons (Fsp3) is 0.364. The van der Waals surface area contributed by atoms with Crippen LogP contribution in [0.4, 0.5) is 0 Å². The number of hydrogen-bond donors (Lipinski definition) is 0. The van der Waals surface area contributed by atoms with Crippen molar-refractivity contribution in [3.63, 3.8) is 0 Å². The van der Waals surface area contributed by atoms with Crippen molar-refractivity contribution in [3.8, 4) is 5.75 Å². The summed E-state index contributed by atoms with van der Waals surface area (Å²) < 4.78 is 19.8. The van der Waals surface area contributed by atoms with Crippen LogP contribution in [0.1, 0.15) is 30.6 Å². The van der Waals surface area contributed by atoms with Crippen molar-refractivity contribution in [1.82, 2.24) is 9.78 Å². The molecule has 152 valence electrons. The van der Waals surface area contributed by atoms with Gasteiger partial charge in [-0.3, -0.25) is 9.48 Å². The molecule has 1 aliphatic heterocycles. The van der Waals surface area contributed by atoms with Crippen LogP contribution in [-0.2, 0) is 27.3 Å². The van der Waals surface area contributed by atoms with E-state index < -0.39 is 0 Å².